The molecule has 12 heavy (non-hydrogen) atoms. The number of benzene rings is 1. The van der Waals surface area contributed by atoms with E-state index in [4.69, 9.17) is 41.2 Å². The van der Waals surface area contributed by atoms with Crippen molar-refractivity contribution in [2.75, 3.05) is 0 Å². The predicted octanol–water partition coefficient (Wildman–Crippen LogP) is 2.60. The lowest BCUT2D eigenvalue weighted by molar-refractivity contribution is 1.17. The van der Waals surface area contributed by atoms with Gasteiger partial charge in [0.1, 0.15) is 4.99 Å². The zero-order valence-electron chi connectivity index (χ0n) is 6.13. The third kappa shape index (κ3) is 1.89. The molecule has 1 rings (SSSR count). The van der Waals surface area contributed by atoms with Gasteiger partial charge in [-0.05, 0) is 5.56 Å². The van der Waals surface area contributed by atoms with Crippen LogP contribution in [0.1, 0.15) is 5.56 Å². The van der Waals surface area contributed by atoms with Crippen molar-refractivity contribution in [3.8, 4) is 0 Å². The fraction of sp³-hybridized carbons (Fsp3) is 0.125. The van der Waals surface area contributed by atoms with Crippen LogP contribution in [0, 0.1) is 0 Å². The average molecular weight is 220 g/mol. The first-order valence-electron chi connectivity index (χ1n) is 3.28. The van der Waals surface area contributed by atoms with E-state index in [1.54, 1.807) is 12.1 Å². The Morgan fingerprint density at radius 1 is 1.25 bits per heavy atom. The van der Waals surface area contributed by atoms with Crippen molar-refractivity contribution in [1.82, 2.24) is 0 Å². The molecule has 1 aromatic carbocycles. The summed E-state index contributed by atoms with van der Waals surface area (Å²) in [4.78, 5) is 0.0667. The zero-order chi connectivity index (χ0) is 9.19. The first-order chi connectivity index (χ1) is 5.55. The van der Waals surface area contributed by atoms with E-state index >= 15 is 0 Å². The van der Waals surface area contributed by atoms with Crippen LogP contribution in [0.5, 0.6) is 0 Å². The van der Waals surface area contributed by atoms with E-state index in [-0.39, 0.29) is 4.99 Å². The van der Waals surface area contributed by atoms with Gasteiger partial charge in [-0.3, -0.25) is 0 Å². The first-order valence-corrected chi connectivity index (χ1v) is 4.45. The summed E-state index contributed by atoms with van der Waals surface area (Å²) in [6.45, 7) is 0. The van der Waals surface area contributed by atoms with Crippen LogP contribution in [0.2, 0.25) is 0 Å². The molecule has 0 spiro atoms. The third-order valence-corrected chi connectivity index (χ3v) is 2.82. The summed E-state index contributed by atoms with van der Waals surface area (Å²) in [5, 5.41) is 0. The molecule has 0 atom stereocenters. The predicted molar refractivity (Wildman–Crippen MR) is 56.6 cm³/mol. The molecule has 0 amide bonds. The molecule has 0 aliphatic heterocycles. The second-order valence-electron chi connectivity index (χ2n) is 2.30. The molecule has 0 saturated carbocycles. The molecule has 0 radical (unpaired) electrons. The van der Waals surface area contributed by atoms with Gasteiger partial charge in [-0.1, -0.05) is 65.8 Å². The Kier molecular flexibility index (Phi) is 2.94. The molecule has 0 bridgehead atoms. The summed E-state index contributed by atoms with van der Waals surface area (Å²) in [7, 11) is 0. The summed E-state index contributed by atoms with van der Waals surface area (Å²) >= 11 is 16.5. The number of hydrogen-bond donors (Lipinski definition) is 1. The second kappa shape index (κ2) is 3.60. The van der Waals surface area contributed by atoms with Crippen LogP contribution in [-0.4, -0.2) is 4.99 Å². The fourth-order valence-corrected chi connectivity index (χ4v) is 1.16. The molecule has 0 aliphatic rings. The number of hydrogen-bond acceptors (Lipinski definition) is 1. The van der Waals surface area contributed by atoms with Gasteiger partial charge in [0.15, 0.2) is 4.33 Å². The number of thiocarbonyl (C=S) groups is 1. The minimum atomic E-state index is -1.25. The lowest BCUT2D eigenvalue weighted by atomic mass is 10.1. The lowest BCUT2D eigenvalue weighted by Gasteiger charge is -2.17. The number of halogens is 2. The molecule has 0 saturated heterocycles. The van der Waals surface area contributed by atoms with E-state index < -0.39 is 4.33 Å². The molecular formula is C8H7Cl2NS. The SMILES string of the molecule is NC(=S)C(Cl)(Cl)c1ccccc1. The van der Waals surface area contributed by atoms with E-state index in [1.165, 1.54) is 0 Å². The van der Waals surface area contributed by atoms with Gasteiger partial charge in [0.25, 0.3) is 0 Å². The average Bonchev–Trinajstić information content (AvgIpc) is 2.06. The highest BCUT2D eigenvalue weighted by Gasteiger charge is 2.29. The Morgan fingerprint density at radius 3 is 2.17 bits per heavy atom. The van der Waals surface area contributed by atoms with Crippen molar-refractivity contribution in [1.29, 1.82) is 0 Å². The second-order valence-corrected chi connectivity index (χ2v) is 4.07. The minimum absolute atomic E-state index is 0.0667. The van der Waals surface area contributed by atoms with E-state index in [0.29, 0.717) is 5.56 Å². The Balaban J connectivity index is 3.06. The Hall–Kier alpha value is -0.310. The van der Waals surface area contributed by atoms with Crippen LogP contribution in [0.4, 0.5) is 0 Å². The minimum Gasteiger partial charge on any atom is -0.391 e. The van der Waals surface area contributed by atoms with Gasteiger partial charge in [-0.2, -0.15) is 0 Å². The molecule has 0 fully saturated rings. The van der Waals surface area contributed by atoms with E-state index in [2.05, 4.69) is 0 Å². The van der Waals surface area contributed by atoms with Crippen molar-refractivity contribution in [3.63, 3.8) is 0 Å². The molecule has 1 nitrogen and oxygen atoms in total. The summed E-state index contributed by atoms with van der Waals surface area (Å²) < 4.78 is -1.25. The highest BCUT2D eigenvalue weighted by Crippen LogP contribution is 2.33. The molecule has 64 valence electrons. The number of alkyl halides is 2. The molecule has 0 unspecified atom stereocenters. The Labute approximate surface area is 86.5 Å². The normalized spacial score (nSPS) is 11.2. The Morgan fingerprint density at radius 2 is 1.75 bits per heavy atom. The largest absolute Gasteiger partial charge is 0.391 e. The fourth-order valence-electron chi connectivity index (χ4n) is 0.790. The van der Waals surface area contributed by atoms with Crippen molar-refractivity contribution in [3.05, 3.63) is 35.9 Å². The molecule has 4 heteroatoms. The molecule has 0 aliphatic carbocycles. The molecule has 0 aromatic heterocycles. The van der Waals surface area contributed by atoms with Crippen LogP contribution in [0.3, 0.4) is 0 Å². The van der Waals surface area contributed by atoms with Gasteiger partial charge in [-0.25, -0.2) is 0 Å². The first kappa shape index (κ1) is 9.78. The van der Waals surface area contributed by atoms with Crippen LogP contribution >= 0.6 is 35.4 Å². The monoisotopic (exact) mass is 219 g/mol. The van der Waals surface area contributed by atoms with Crippen molar-refractivity contribution < 1.29 is 0 Å². The highest BCUT2D eigenvalue weighted by atomic mass is 35.5. The van der Waals surface area contributed by atoms with Gasteiger partial charge in [0.2, 0.25) is 0 Å². The van der Waals surface area contributed by atoms with E-state index in [9.17, 15) is 0 Å². The summed E-state index contributed by atoms with van der Waals surface area (Å²) in [5.41, 5.74) is 6.07. The quantitative estimate of drug-likeness (QED) is 0.612. The molecule has 0 heterocycles. The van der Waals surface area contributed by atoms with Crippen molar-refractivity contribution >= 4 is 40.4 Å². The van der Waals surface area contributed by atoms with E-state index in [1.807, 2.05) is 18.2 Å². The highest BCUT2D eigenvalue weighted by molar-refractivity contribution is 7.80. The van der Waals surface area contributed by atoms with Gasteiger partial charge in [-0.15, -0.1) is 0 Å². The summed E-state index contributed by atoms with van der Waals surface area (Å²) in [5.74, 6) is 0. The van der Waals surface area contributed by atoms with E-state index in [0.717, 1.165) is 0 Å². The van der Waals surface area contributed by atoms with Gasteiger partial charge in [0.05, 0.1) is 0 Å². The van der Waals surface area contributed by atoms with Gasteiger partial charge < -0.3 is 5.73 Å². The maximum absolute atomic E-state index is 5.90. The third-order valence-electron chi connectivity index (χ3n) is 1.45. The summed E-state index contributed by atoms with van der Waals surface area (Å²) in [6.07, 6.45) is 0. The van der Waals surface area contributed by atoms with Gasteiger partial charge in [0, 0.05) is 0 Å². The molecule has 1 aromatic rings. The van der Waals surface area contributed by atoms with Crippen molar-refractivity contribution in [2.45, 2.75) is 4.33 Å². The lowest BCUT2D eigenvalue weighted by Crippen LogP contribution is -2.28. The number of nitrogens with two attached hydrogens (primary N) is 1. The Bertz CT molecular complexity index is 284. The smallest absolute Gasteiger partial charge is 0.192 e. The standard InChI is InChI=1S/C8H7Cl2NS/c9-8(10,7(11)12)6-4-2-1-3-5-6/h1-5H,(H2,11,12). The van der Waals surface area contributed by atoms with Crippen LogP contribution in [-0.2, 0) is 4.33 Å². The molecule has 2 N–H and O–H groups in total. The maximum Gasteiger partial charge on any atom is 0.192 e. The van der Waals surface area contributed by atoms with Crippen LogP contribution in [0.25, 0.3) is 0 Å². The van der Waals surface area contributed by atoms with Crippen LogP contribution in [0.15, 0.2) is 30.3 Å². The molecular weight excluding hydrogens is 213 g/mol. The topological polar surface area (TPSA) is 26.0 Å². The number of rotatable bonds is 2. The van der Waals surface area contributed by atoms with Gasteiger partial charge >= 0.3 is 0 Å². The van der Waals surface area contributed by atoms with Crippen molar-refractivity contribution in [2.24, 2.45) is 5.73 Å². The zero-order valence-corrected chi connectivity index (χ0v) is 8.46. The summed E-state index contributed by atoms with van der Waals surface area (Å²) in [6, 6.07) is 9.07. The van der Waals surface area contributed by atoms with Crippen LogP contribution < -0.4 is 5.73 Å². The maximum atomic E-state index is 5.90.